The van der Waals surface area contributed by atoms with Crippen LogP contribution in [0.2, 0.25) is 0 Å². The van der Waals surface area contributed by atoms with Crippen molar-refractivity contribution in [1.29, 1.82) is 0 Å². The lowest BCUT2D eigenvalue weighted by Crippen LogP contribution is -2.51. The molecule has 1 fully saturated rings. The van der Waals surface area contributed by atoms with E-state index in [2.05, 4.69) is 4.72 Å². The third-order valence-corrected chi connectivity index (χ3v) is 4.89. The van der Waals surface area contributed by atoms with E-state index in [0.717, 1.165) is 32.2 Å². The summed E-state index contributed by atoms with van der Waals surface area (Å²) in [5, 5.41) is 0. The van der Waals surface area contributed by atoms with Crippen molar-refractivity contribution >= 4 is 10.2 Å². The van der Waals surface area contributed by atoms with Crippen LogP contribution < -0.4 is 10.5 Å². The molecule has 0 aromatic heterocycles. The zero-order valence-corrected chi connectivity index (χ0v) is 12.2. The number of hydrogen-bond acceptors (Lipinski definition) is 4. The maximum absolute atomic E-state index is 12.1. The molecule has 0 aliphatic carbocycles. The van der Waals surface area contributed by atoms with Gasteiger partial charge in [-0.25, -0.2) is 4.72 Å². The summed E-state index contributed by atoms with van der Waals surface area (Å²) in [7, 11) is 0.594. The van der Waals surface area contributed by atoms with Crippen LogP contribution in [0.3, 0.4) is 0 Å². The second kappa shape index (κ2) is 7.40. The molecule has 18 heavy (non-hydrogen) atoms. The van der Waals surface area contributed by atoms with Crippen molar-refractivity contribution in [2.45, 2.75) is 31.7 Å². The van der Waals surface area contributed by atoms with Crippen LogP contribution in [0.4, 0.5) is 0 Å². The topological polar surface area (TPSA) is 78.7 Å². The minimum Gasteiger partial charge on any atom is -0.329 e. The molecule has 0 saturated carbocycles. The van der Waals surface area contributed by atoms with Crippen molar-refractivity contribution in [2.24, 2.45) is 5.73 Å². The van der Waals surface area contributed by atoms with Crippen molar-refractivity contribution in [2.75, 3.05) is 40.3 Å². The van der Waals surface area contributed by atoms with E-state index in [0.29, 0.717) is 19.6 Å². The highest BCUT2D eigenvalue weighted by Gasteiger charge is 2.30. The average molecular weight is 278 g/mol. The van der Waals surface area contributed by atoms with Gasteiger partial charge in [0.15, 0.2) is 0 Å². The molecule has 1 unspecified atom stereocenters. The molecule has 0 aromatic rings. The molecule has 1 heterocycles. The van der Waals surface area contributed by atoms with Gasteiger partial charge in [-0.1, -0.05) is 6.42 Å². The lowest BCUT2D eigenvalue weighted by atomic mass is 10.1. The van der Waals surface area contributed by atoms with Gasteiger partial charge in [-0.3, -0.25) is 0 Å². The van der Waals surface area contributed by atoms with Crippen molar-refractivity contribution in [1.82, 2.24) is 13.9 Å². The minimum absolute atomic E-state index is 0.0369. The Morgan fingerprint density at radius 2 is 2.11 bits per heavy atom. The highest BCUT2D eigenvalue weighted by molar-refractivity contribution is 7.87. The monoisotopic (exact) mass is 278 g/mol. The largest absolute Gasteiger partial charge is 0.329 e. The zero-order chi connectivity index (χ0) is 13.6. The summed E-state index contributed by atoms with van der Waals surface area (Å²) in [6.45, 7) is 2.35. The van der Waals surface area contributed by atoms with Gasteiger partial charge in [-0.2, -0.15) is 12.7 Å². The van der Waals surface area contributed by atoms with Gasteiger partial charge in [-0.15, -0.1) is 0 Å². The number of nitrogens with one attached hydrogen (secondary N) is 1. The van der Waals surface area contributed by atoms with E-state index in [9.17, 15) is 8.42 Å². The van der Waals surface area contributed by atoms with Gasteiger partial charge in [-0.05, 0) is 39.9 Å². The summed E-state index contributed by atoms with van der Waals surface area (Å²) >= 11 is 0. The van der Waals surface area contributed by atoms with E-state index >= 15 is 0 Å². The first-order valence-electron chi connectivity index (χ1n) is 6.58. The Balaban J connectivity index is 2.46. The van der Waals surface area contributed by atoms with Gasteiger partial charge in [0.2, 0.25) is 0 Å². The predicted molar refractivity (Wildman–Crippen MR) is 73.5 cm³/mol. The van der Waals surface area contributed by atoms with Crippen molar-refractivity contribution < 1.29 is 8.42 Å². The van der Waals surface area contributed by atoms with Gasteiger partial charge < -0.3 is 10.6 Å². The minimum atomic E-state index is -3.36. The average Bonchev–Trinajstić information content (AvgIpc) is 2.34. The Hall–Kier alpha value is -0.210. The van der Waals surface area contributed by atoms with Crippen molar-refractivity contribution in [3.8, 4) is 0 Å². The molecule has 0 amide bonds. The molecule has 7 heteroatoms. The quantitative estimate of drug-likeness (QED) is 0.620. The van der Waals surface area contributed by atoms with Crippen LogP contribution in [0.1, 0.15) is 25.7 Å². The summed E-state index contributed by atoms with van der Waals surface area (Å²) in [6, 6.07) is -0.0369. The highest BCUT2D eigenvalue weighted by atomic mass is 32.2. The van der Waals surface area contributed by atoms with Crippen LogP contribution in [-0.4, -0.2) is 63.9 Å². The first-order chi connectivity index (χ1) is 8.47. The maximum Gasteiger partial charge on any atom is 0.279 e. The van der Waals surface area contributed by atoms with Crippen LogP contribution in [0.25, 0.3) is 0 Å². The number of nitrogens with zero attached hydrogens (tertiary/aromatic N) is 2. The number of nitrogens with two attached hydrogens (primary N) is 1. The number of rotatable bonds is 7. The molecule has 1 saturated heterocycles. The third kappa shape index (κ3) is 4.81. The molecule has 108 valence electrons. The molecular weight excluding hydrogens is 252 g/mol. The third-order valence-electron chi connectivity index (χ3n) is 3.22. The summed E-state index contributed by atoms with van der Waals surface area (Å²) in [5.41, 5.74) is 5.64. The molecule has 1 aliphatic rings. The standard InChI is InChI=1S/C11H26N4O2S/c1-14(2)8-5-7-13-18(16,17)15-9-4-3-6-11(15)10-12/h11,13H,3-10,12H2,1-2H3. The Kier molecular flexibility index (Phi) is 6.51. The summed E-state index contributed by atoms with van der Waals surface area (Å²) < 4.78 is 28.5. The molecular formula is C11H26N4O2S. The Morgan fingerprint density at radius 3 is 2.72 bits per heavy atom. The number of hydrogen-bond donors (Lipinski definition) is 2. The fraction of sp³-hybridized carbons (Fsp3) is 1.00. The molecule has 3 N–H and O–H groups in total. The van der Waals surface area contributed by atoms with E-state index in [4.69, 9.17) is 5.73 Å². The van der Waals surface area contributed by atoms with Crippen LogP contribution in [0, 0.1) is 0 Å². The van der Waals surface area contributed by atoms with Crippen LogP contribution >= 0.6 is 0 Å². The fourth-order valence-corrected chi connectivity index (χ4v) is 3.73. The van der Waals surface area contributed by atoms with Crippen molar-refractivity contribution in [3.63, 3.8) is 0 Å². The number of piperidine rings is 1. The molecule has 0 radical (unpaired) electrons. The fourth-order valence-electron chi connectivity index (χ4n) is 2.21. The predicted octanol–water partition coefficient (Wildman–Crippen LogP) is -0.414. The Morgan fingerprint density at radius 1 is 1.39 bits per heavy atom. The van der Waals surface area contributed by atoms with Gasteiger partial charge in [0.25, 0.3) is 10.2 Å². The molecule has 1 rings (SSSR count). The SMILES string of the molecule is CN(C)CCCNS(=O)(=O)N1CCCCC1CN. The normalized spacial score (nSPS) is 22.6. The Labute approximate surface area is 111 Å². The first kappa shape index (κ1) is 15.8. The van der Waals surface area contributed by atoms with Gasteiger partial charge >= 0.3 is 0 Å². The first-order valence-corrected chi connectivity index (χ1v) is 8.02. The molecule has 1 aliphatic heterocycles. The van der Waals surface area contributed by atoms with E-state index < -0.39 is 10.2 Å². The lowest BCUT2D eigenvalue weighted by molar-refractivity contribution is 0.254. The van der Waals surface area contributed by atoms with E-state index in [1.165, 1.54) is 4.31 Å². The Bertz CT molecular complexity index is 332. The maximum atomic E-state index is 12.1. The molecule has 0 aromatic carbocycles. The van der Waals surface area contributed by atoms with Gasteiger partial charge in [0.05, 0.1) is 0 Å². The second-order valence-electron chi connectivity index (χ2n) is 5.05. The van der Waals surface area contributed by atoms with Crippen LogP contribution in [0.15, 0.2) is 0 Å². The highest BCUT2D eigenvalue weighted by Crippen LogP contribution is 2.18. The van der Waals surface area contributed by atoms with E-state index in [1.54, 1.807) is 0 Å². The molecule has 6 nitrogen and oxygen atoms in total. The molecule has 0 spiro atoms. The van der Waals surface area contributed by atoms with Gasteiger partial charge in [0, 0.05) is 25.7 Å². The lowest BCUT2D eigenvalue weighted by Gasteiger charge is -2.33. The molecule has 1 atom stereocenters. The summed E-state index contributed by atoms with van der Waals surface area (Å²) in [4.78, 5) is 2.04. The summed E-state index contributed by atoms with van der Waals surface area (Å²) in [6.07, 6.45) is 3.67. The van der Waals surface area contributed by atoms with E-state index in [1.807, 2.05) is 19.0 Å². The van der Waals surface area contributed by atoms with Crippen LogP contribution in [0.5, 0.6) is 0 Å². The van der Waals surface area contributed by atoms with E-state index in [-0.39, 0.29) is 6.04 Å². The van der Waals surface area contributed by atoms with Crippen LogP contribution in [-0.2, 0) is 10.2 Å². The molecule has 0 bridgehead atoms. The smallest absolute Gasteiger partial charge is 0.279 e. The summed E-state index contributed by atoms with van der Waals surface area (Å²) in [5.74, 6) is 0. The zero-order valence-electron chi connectivity index (χ0n) is 11.4. The second-order valence-corrected chi connectivity index (χ2v) is 6.76. The van der Waals surface area contributed by atoms with Gasteiger partial charge in [0.1, 0.15) is 0 Å². The van der Waals surface area contributed by atoms with Crippen molar-refractivity contribution in [3.05, 3.63) is 0 Å².